The van der Waals surface area contributed by atoms with Gasteiger partial charge in [0, 0.05) is 12.1 Å². The van der Waals surface area contributed by atoms with E-state index in [4.69, 9.17) is 16.3 Å². The van der Waals surface area contributed by atoms with Crippen LogP contribution in [0.5, 0.6) is 11.5 Å². The van der Waals surface area contributed by atoms with Crippen LogP contribution in [0.25, 0.3) is 0 Å². The van der Waals surface area contributed by atoms with Crippen molar-refractivity contribution in [1.82, 2.24) is 0 Å². The number of hydrogen-bond acceptors (Lipinski definition) is 3. The van der Waals surface area contributed by atoms with E-state index in [2.05, 4.69) is 0 Å². The van der Waals surface area contributed by atoms with Gasteiger partial charge in [0.2, 0.25) is 0 Å². The summed E-state index contributed by atoms with van der Waals surface area (Å²) in [5, 5.41) is 10.5. The zero-order valence-corrected chi connectivity index (χ0v) is 9.73. The zero-order chi connectivity index (χ0) is 13.1. The van der Waals surface area contributed by atoms with Gasteiger partial charge < -0.3 is 4.74 Å². The van der Waals surface area contributed by atoms with Crippen LogP contribution in [0.3, 0.4) is 0 Å². The number of ether oxygens (including phenoxy) is 1. The Labute approximate surface area is 107 Å². The molecule has 0 fully saturated rings. The predicted molar refractivity (Wildman–Crippen MR) is 64.6 cm³/mol. The summed E-state index contributed by atoms with van der Waals surface area (Å²) < 4.78 is 18.6. The third kappa shape index (κ3) is 2.57. The molecule has 0 saturated carbocycles. The Morgan fingerprint density at radius 3 is 2.56 bits per heavy atom. The van der Waals surface area contributed by atoms with Gasteiger partial charge in [-0.15, -0.1) is 0 Å². The van der Waals surface area contributed by atoms with Gasteiger partial charge in [-0.2, -0.15) is 0 Å². The van der Waals surface area contributed by atoms with E-state index in [0.717, 1.165) is 0 Å². The van der Waals surface area contributed by atoms with Crippen molar-refractivity contribution in [1.29, 1.82) is 0 Å². The van der Waals surface area contributed by atoms with Crippen LogP contribution in [0.2, 0.25) is 5.02 Å². The van der Waals surface area contributed by atoms with Crippen LogP contribution in [0.1, 0.15) is 0 Å². The second kappa shape index (κ2) is 5.01. The van der Waals surface area contributed by atoms with Crippen molar-refractivity contribution < 1.29 is 14.1 Å². The third-order valence-electron chi connectivity index (χ3n) is 2.18. The Morgan fingerprint density at radius 2 is 1.94 bits per heavy atom. The Balaban J connectivity index is 2.29. The fourth-order valence-electron chi connectivity index (χ4n) is 1.35. The Morgan fingerprint density at radius 1 is 1.22 bits per heavy atom. The van der Waals surface area contributed by atoms with Crippen LogP contribution in [0.4, 0.5) is 10.1 Å². The molecular formula is C12H7ClFNO3. The number of nitrogens with zero attached hydrogens (tertiary/aromatic N) is 1. The Bertz CT molecular complexity index is 604. The minimum atomic E-state index is -0.602. The second-order valence-corrected chi connectivity index (χ2v) is 3.81. The van der Waals surface area contributed by atoms with Crippen LogP contribution in [0.15, 0.2) is 42.5 Å². The molecule has 0 spiro atoms. The fourth-order valence-corrected chi connectivity index (χ4v) is 1.59. The molecule has 0 aromatic heterocycles. The summed E-state index contributed by atoms with van der Waals surface area (Å²) in [5.41, 5.74) is -0.224. The lowest BCUT2D eigenvalue weighted by Gasteiger charge is -2.06. The molecule has 0 bridgehead atoms. The van der Waals surface area contributed by atoms with Gasteiger partial charge in [-0.05, 0) is 18.2 Å². The van der Waals surface area contributed by atoms with Crippen LogP contribution >= 0.6 is 11.6 Å². The molecule has 92 valence electrons. The molecule has 0 radical (unpaired) electrons. The molecule has 0 aliphatic heterocycles. The lowest BCUT2D eigenvalue weighted by molar-refractivity contribution is -0.384. The SMILES string of the molecule is O=[N+]([O-])c1ccc(Oc2ccccc2F)cc1Cl. The maximum Gasteiger partial charge on any atom is 0.288 e. The maximum atomic E-state index is 13.3. The molecule has 0 N–H and O–H groups in total. The Hall–Kier alpha value is -2.14. The summed E-state index contributed by atoms with van der Waals surface area (Å²) in [6.45, 7) is 0. The highest BCUT2D eigenvalue weighted by atomic mass is 35.5. The standard InChI is InChI=1S/C12H7ClFNO3/c13-9-7-8(5-6-11(9)15(16)17)18-12-4-2-1-3-10(12)14/h1-7H. The summed E-state index contributed by atoms with van der Waals surface area (Å²) in [7, 11) is 0. The molecule has 0 unspecified atom stereocenters. The molecule has 0 heterocycles. The minimum Gasteiger partial charge on any atom is -0.454 e. The van der Waals surface area contributed by atoms with E-state index in [1.54, 1.807) is 6.07 Å². The molecule has 4 nitrogen and oxygen atoms in total. The number of nitro groups is 1. The molecule has 2 aromatic carbocycles. The van der Waals surface area contributed by atoms with Gasteiger partial charge in [0.15, 0.2) is 11.6 Å². The lowest BCUT2D eigenvalue weighted by atomic mass is 10.3. The highest BCUT2D eigenvalue weighted by Gasteiger charge is 2.13. The summed E-state index contributed by atoms with van der Waals surface area (Å²) in [5.74, 6) is -0.259. The van der Waals surface area contributed by atoms with Crippen molar-refractivity contribution in [3.8, 4) is 11.5 Å². The van der Waals surface area contributed by atoms with Gasteiger partial charge in [-0.3, -0.25) is 10.1 Å². The fraction of sp³-hybridized carbons (Fsp3) is 0. The Kier molecular flexibility index (Phi) is 3.43. The number of rotatable bonds is 3. The monoisotopic (exact) mass is 267 g/mol. The largest absolute Gasteiger partial charge is 0.454 e. The van der Waals surface area contributed by atoms with E-state index in [0.29, 0.717) is 0 Å². The number of nitro benzene ring substituents is 1. The van der Waals surface area contributed by atoms with Crippen LogP contribution in [-0.4, -0.2) is 4.92 Å². The first-order valence-electron chi connectivity index (χ1n) is 4.94. The number of hydrogen-bond donors (Lipinski definition) is 0. The average molecular weight is 268 g/mol. The highest BCUT2D eigenvalue weighted by molar-refractivity contribution is 6.32. The molecule has 18 heavy (non-hydrogen) atoms. The van der Waals surface area contributed by atoms with Crippen molar-refractivity contribution >= 4 is 17.3 Å². The van der Waals surface area contributed by atoms with Crippen LogP contribution < -0.4 is 4.74 Å². The molecule has 6 heteroatoms. The maximum absolute atomic E-state index is 13.3. The van der Waals surface area contributed by atoms with Gasteiger partial charge in [0.1, 0.15) is 10.8 Å². The number of halogens is 2. The van der Waals surface area contributed by atoms with E-state index >= 15 is 0 Å². The van der Waals surface area contributed by atoms with E-state index in [-0.39, 0.29) is 22.2 Å². The molecular weight excluding hydrogens is 261 g/mol. The first kappa shape index (κ1) is 12.3. The smallest absolute Gasteiger partial charge is 0.288 e. The van der Waals surface area contributed by atoms with Gasteiger partial charge in [-0.1, -0.05) is 23.7 Å². The van der Waals surface area contributed by atoms with Crippen molar-refractivity contribution in [3.63, 3.8) is 0 Å². The van der Waals surface area contributed by atoms with E-state index in [9.17, 15) is 14.5 Å². The topological polar surface area (TPSA) is 52.4 Å². The van der Waals surface area contributed by atoms with Crippen molar-refractivity contribution in [3.05, 3.63) is 63.4 Å². The second-order valence-electron chi connectivity index (χ2n) is 3.40. The van der Waals surface area contributed by atoms with Crippen molar-refractivity contribution in [2.45, 2.75) is 0 Å². The van der Waals surface area contributed by atoms with E-state index < -0.39 is 10.7 Å². The van der Waals surface area contributed by atoms with E-state index in [1.807, 2.05) is 0 Å². The van der Waals surface area contributed by atoms with Crippen molar-refractivity contribution in [2.75, 3.05) is 0 Å². The summed E-state index contributed by atoms with van der Waals surface area (Å²) >= 11 is 5.71. The van der Waals surface area contributed by atoms with Crippen LogP contribution in [-0.2, 0) is 0 Å². The van der Waals surface area contributed by atoms with Gasteiger partial charge in [0.25, 0.3) is 5.69 Å². The summed E-state index contributed by atoms with van der Waals surface area (Å²) in [4.78, 5) is 9.96. The molecule has 0 saturated heterocycles. The molecule has 0 atom stereocenters. The molecule has 2 rings (SSSR count). The number of benzene rings is 2. The molecule has 0 aliphatic rings. The van der Waals surface area contributed by atoms with Gasteiger partial charge in [-0.25, -0.2) is 4.39 Å². The zero-order valence-electron chi connectivity index (χ0n) is 8.97. The number of para-hydroxylation sites is 1. The first-order chi connectivity index (χ1) is 8.58. The third-order valence-corrected chi connectivity index (χ3v) is 2.48. The molecule has 2 aromatic rings. The first-order valence-corrected chi connectivity index (χ1v) is 5.32. The molecule has 0 amide bonds. The van der Waals surface area contributed by atoms with Crippen molar-refractivity contribution in [2.24, 2.45) is 0 Å². The van der Waals surface area contributed by atoms with Crippen LogP contribution in [0, 0.1) is 15.9 Å². The average Bonchev–Trinajstić information content (AvgIpc) is 2.32. The van der Waals surface area contributed by atoms with Gasteiger partial charge >= 0.3 is 0 Å². The highest BCUT2D eigenvalue weighted by Crippen LogP contribution is 2.31. The normalized spacial score (nSPS) is 10.1. The van der Waals surface area contributed by atoms with Gasteiger partial charge in [0.05, 0.1) is 4.92 Å². The summed E-state index contributed by atoms with van der Waals surface area (Å²) in [6.07, 6.45) is 0. The lowest BCUT2D eigenvalue weighted by Crippen LogP contribution is -1.91. The quantitative estimate of drug-likeness (QED) is 0.619. The molecule has 0 aliphatic carbocycles. The minimum absolute atomic E-state index is 0.0300. The van der Waals surface area contributed by atoms with E-state index in [1.165, 1.54) is 36.4 Å². The summed E-state index contributed by atoms with van der Waals surface area (Å²) in [6, 6.07) is 9.69. The predicted octanol–water partition coefficient (Wildman–Crippen LogP) is 4.18.